The van der Waals surface area contributed by atoms with Crippen molar-refractivity contribution in [1.82, 2.24) is 14.7 Å². The zero-order valence-electron chi connectivity index (χ0n) is 24.6. The van der Waals surface area contributed by atoms with Crippen LogP contribution in [-0.4, -0.2) is 47.5 Å². The van der Waals surface area contributed by atoms with Gasteiger partial charge in [0.05, 0.1) is 32.1 Å². The molecule has 4 aromatic rings. The Morgan fingerprint density at radius 2 is 1.71 bits per heavy atom. The smallest absolute Gasteiger partial charge is 0.273 e. The minimum atomic E-state index is -0.323. The summed E-state index contributed by atoms with van der Waals surface area (Å²) < 4.78 is 19.3. The van der Waals surface area contributed by atoms with Gasteiger partial charge in [-0.3, -0.25) is 9.48 Å². The second kappa shape index (κ2) is 12.5. The average Bonchev–Trinajstić information content (AvgIpc) is 3.47. The molecule has 0 spiro atoms. The minimum absolute atomic E-state index is 0.0223. The highest BCUT2D eigenvalue weighted by Crippen LogP contribution is 2.45. The molecule has 1 aromatic heterocycles. The number of carbonyl (C=O) groups is 1. The van der Waals surface area contributed by atoms with Crippen LogP contribution in [0.2, 0.25) is 0 Å². The maximum atomic E-state index is 14.0. The van der Waals surface area contributed by atoms with Crippen LogP contribution in [0.1, 0.15) is 60.4 Å². The molecule has 5 rings (SSSR count). The van der Waals surface area contributed by atoms with Crippen LogP contribution < -0.4 is 14.2 Å². The zero-order valence-corrected chi connectivity index (χ0v) is 24.6. The molecule has 41 heavy (non-hydrogen) atoms. The Morgan fingerprint density at radius 3 is 2.39 bits per heavy atom. The predicted octanol–water partition coefficient (Wildman–Crippen LogP) is 6.71. The summed E-state index contributed by atoms with van der Waals surface area (Å²) in [6.07, 6.45) is 1.71. The van der Waals surface area contributed by atoms with Gasteiger partial charge in [0.1, 0.15) is 11.4 Å². The molecule has 0 saturated heterocycles. The van der Waals surface area contributed by atoms with Gasteiger partial charge in [-0.1, -0.05) is 50.2 Å². The van der Waals surface area contributed by atoms with E-state index in [9.17, 15) is 4.79 Å². The standard InChI is InChI=1S/C34H39N3O4/c1-6-40-29-22-26(14-17-28(29)41-21-19-23(2)3)32-30-31(25-12-15-27(39-5)16-13-25)35-36(4)33(30)34(38)37(32)20-18-24-10-8-7-9-11-24/h7-17,22-23,32H,6,18-21H2,1-5H3/t32-/m1/s1. The molecule has 1 amide bonds. The van der Waals surface area contributed by atoms with Gasteiger partial charge < -0.3 is 19.1 Å². The fourth-order valence-corrected chi connectivity index (χ4v) is 5.38. The van der Waals surface area contributed by atoms with Gasteiger partial charge in [-0.15, -0.1) is 0 Å². The van der Waals surface area contributed by atoms with Crippen molar-refractivity contribution in [2.45, 2.75) is 39.7 Å². The topological polar surface area (TPSA) is 65.8 Å². The Kier molecular flexibility index (Phi) is 8.62. The van der Waals surface area contributed by atoms with Gasteiger partial charge in [-0.25, -0.2) is 0 Å². The Hall–Kier alpha value is -4.26. The lowest BCUT2D eigenvalue weighted by Crippen LogP contribution is -2.32. The normalized spacial score (nSPS) is 14.4. The number of nitrogens with zero attached hydrogens (tertiary/aromatic N) is 3. The molecule has 0 bridgehead atoms. The van der Waals surface area contributed by atoms with Crippen LogP contribution in [0.15, 0.2) is 72.8 Å². The summed E-state index contributed by atoms with van der Waals surface area (Å²) in [6.45, 7) is 8.04. The summed E-state index contributed by atoms with van der Waals surface area (Å²) in [4.78, 5) is 16.0. The number of benzene rings is 3. The molecule has 0 saturated carbocycles. The van der Waals surface area contributed by atoms with Crippen LogP contribution in [0, 0.1) is 5.92 Å². The van der Waals surface area contributed by atoms with E-state index in [-0.39, 0.29) is 11.9 Å². The van der Waals surface area contributed by atoms with Gasteiger partial charge in [0.15, 0.2) is 11.5 Å². The van der Waals surface area contributed by atoms with E-state index in [0.29, 0.717) is 37.1 Å². The van der Waals surface area contributed by atoms with Crippen molar-refractivity contribution in [1.29, 1.82) is 0 Å². The number of rotatable bonds is 12. The maximum absolute atomic E-state index is 14.0. The van der Waals surface area contributed by atoms with Crippen LogP contribution in [0.3, 0.4) is 0 Å². The molecule has 0 unspecified atom stereocenters. The second-order valence-electron chi connectivity index (χ2n) is 10.8. The van der Waals surface area contributed by atoms with Crippen molar-refractivity contribution >= 4 is 5.91 Å². The van der Waals surface area contributed by atoms with Gasteiger partial charge >= 0.3 is 0 Å². The van der Waals surface area contributed by atoms with E-state index in [0.717, 1.165) is 46.7 Å². The first kappa shape index (κ1) is 28.3. The highest BCUT2D eigenvalue weighted by atomic mass is 16.5. The number of hydrogen-bond acceptors (Lipinski definition) is 5. The molecule has 1 aliphatic rings. The summed E-state index contributed by atoms with van der Waals surface area (Å²) in [5, 5.41) is 4.84. The third-order valence-corrected chi connectivity index (χ3v) is 7.52. The fraction of sp³-hybridized carbons (Fsp3) is 0.353. The monoisotopic (exact) mass is 553 g/mol. The molecule has 1 aliphatic heterocycles. The number of aryl methyl sites for hydroxylation is 1. The van der Waals surface area contributed by atoms with Gasteiger partial charge in [-0.05, 0) is 73.2 Å². The van der Waals surface area contributed by atoms with Crippen LogP contribution >= 0.6 is 0 Å². The van der Waals surface area contributed by atoms with Gasteiger partial charge in [0.25, 0.3) is 5.91 Å². The largest absolute Gasteiger partial charge is 0.497 e. The Bertz CT molecular complexity index is 1480. The first-order chi connectivity index (χ1) is 19.9. The third-order valence-electron chi connectivity index (χ3n) is 7.52. The summed E-state index contributed by atoms with van der Waals surface area (Å²) >= 11 is 0. The SMILES string of the molecule is CCOc1cc([C@@H]2c3c(-c4ccc(OC)cc4)nn(C)c3C(=O)N2CCc2ccccc2)ccc1OCCC(C)C. The van der Waals surface area contributed by atoms with Crippen molar-refractivity contribution in [3.63, 3.8) is 0 Å². The highest BCUT2D eigenvalue weighted by Gasteiger charge is 2.43. The van der Waals surface area contributed by atoms with Crippen LogP contribution in [0.5, 0.6) is 17.2 Å². The van der Waals surface area contributed by atoms with Crippen molar-refractivity contribution in [3.05, 3.63) is 95.2 Å². The van der Waals surface area contributed by atoms with E-state index < -0.39 is 0 Å². The van der Waals surface area contributed by atoms with E-state index in [2.05, 4.69) is 32.0 Å². The molecule has 1 atom stereocenters. The minimum Gasteiger partial charge on any atom is -0.497 e. The van der Waals surface area contributed by atoms with Gasteiger partial charge in [0, 0.05) is 24.7 Å². The molecule has 7 heteroatoms. The summed E-state index contributed by atoms with van der Waals surface area (Å²) in [6, 6.07) is 23.8. The number of hydrogen-bond donors (Lipinski definition) is 0. The zero-order chi connectivity index (χ0) is 28.9. The molecule has 0 fully saturated rings. The number of amides is 1. The molecule has 3 aromatic carbocycles. The first-order valence-electron chi connectivity index (χ1n) is 14.4. The quantitative estimate of drug-likeness (QED) is 0.195. The van der Waals surface area contributed by atoms with Gasteiger partial charge in [-0.2, -0.15) is 5.10 Å². The van der Waals surface area contributed by atoms with Crippen molar-refractivity contribution in [3.8, 4) is 28.5 Å². The lowest BCUT2D eigenvalue weighted by atomic mass is 9.95. The maximum Gasteiger partial charge on any atom is 0.273 e. The molecule has 0 radical (unpaired) electrons. The molecule has 7 nitrogen and oxygen atoms in total. The summed E-state index contributed by atoms with van der Waals surface area (Å²) in [5.41, 5.74) is 5.40. The van der Waals surface area contributed by atoms with E-state index in [1.54, 1.807) is 11.8 Å². The average molecular weight is 554 g/mol. The van der Waals surface area contributed by atoms with E-state index >= 15 is 0 Å². The number of carbonyl (C=O) groups excluding carboxylic acids is 1. The number of ether oxygens (including phenoxy) is 3. The van der Waals surface area contributed by atoms with E-state index in [1.807, 2.05) is 73.5 Å². The molecular formula is C34H39N3O4. The van der Waals surface area contributed by atoms with Crippen LogP contribution in [0.4, 0.5) is 0 Å². The first-order valence-corrected chi connectivity index (χ1v) is 14.4. The van der Waals surface area contributed by atoms with Crippen LogP contribution in [0.25, 0.3) is 11.3 Å². The third kappa shape index (κ3) is 5.94. The van der Waals surface area contributed by atoms with E-state index in [1.165, 1.54) is 5.56 Å². The fourth-order valence-electron chi connectivity index (χ4n) is 5.38. The number of aromatic nitrogens is 2. The summed E-state index contributed by atoms with van der Waals surface area (Å²) in [5.74, 6) is 2.71. The Balaban J connectivity index is 1.58. The van der Waals surface area contributed by atoms with E-state index in [4.69, 9.17) is 19.3 Å². The Morgan fingerprint density at radius 1 is 0.951 bits per heavy atom. The second-order valence-corrected chi connectivity index (χ2v) is 10.8. The number of methoxy groups -OCH3 is 1. The van der Waals surface area contributed by atoms with Crippen molar-refractivity contribution < 1.29 is 19.0 Å². The van der Waals surface area contributed by atoms with Crippen molar-refractivity contribution in [2.75, 3.05) is 26.9 Å². The summed E-state index contributed by atoms with van der Waals surface area (Å²) in [7, 11) is 3.50. The molecule has 0 aliphatic carbocycles. The lowest BCUT2D eigenvalue weighted by molar-refractivity contribution is 0.0741. The number of fused-ring (bicyclic) bond motifs is 1. The predicted molar refractivity (Wildman–Crippen MR) is 161 cm³/mol. The molecule has 214 valence electrons. The van der Waals surface area contributed by atoms with Crippen molar-refractivity contribution in [2.24, 2.45) is 13.0 Å². The molecular weight excluding hydrogens is 514 g/mol. The van der Waals surface area contributed by atoms with Crippen LogP contribution in [-0.2, 0) is 13.5 Å². The Labute approximate surface area is 242 Å². The lowest BCUT2D eigenvalue weighted by Gasteiger charge is -2.27. The highest BCUT2D eigenvalue weighted by molar-refractivity contribution is 6.00. The molecule has 0 N–H and O–H groups in total. The molecule has 2 heterocycles. The van der Waals surface area contributed by atoms with Gasteiger partial charge in [0.2, 0.25) is 0 Å².